The Morgan fingerprint density at radius 3 is 2.71 bits per heavy atom. The Balaban J connectivity index is 1.85. The molecule has 1 atom stereocenters. The van der Waals surface area contributed by atoms with Crippen molar-refractivity contribution in [2.75, 3.05) is 11.4 Å². The van der Waals surface area contributed by atoms with E-state index < -0.39 is 0 Å². The number of nitrogens with two attached hydrogens (primary N) is 1. The number of hydrogen-bond donors (Lipinski definition) is 1. The molecule has 1 amide bonds. The van der Waals surface area contributed by atoms with Gasteiger partial charge in [0.05, 0.1) is 6.42 Å². The maximum atomic E-state index is 12.2. The lowest BCUT2D eigenvalue weighted by Gasteiger charge is -2.23. The first-order valence-electron chi connectivity index (χ1n) is 7.27. The van der Waals surface area contributed by atoms with Crippen LogP contribution in [0, 0.1) is 13.8 Å². The number of carbonyl (C=O) groups excluding carboxylic acids is 1. The Kier molecular flexibility index (Phi) is 3.52. The smallest absolute Gasteiger partial charge is 0.231 e. The van der Waals surface area contributed by atoms with E-state index in [1.54, 1.807) is 0 Å². The number of para-hydroxylation sites is 1. The molecule has 3 rings (SSSR count). The van der Waals surface area contributed by atoms with E-state index in [-0.39, 0.29) is 11.9 Å². The van der Waals surface area contributed by atoms with Crippen LogP contribution >= 0.6 is 0 Å². The molecule has 2 aromatic carbocycles. The first kappa shape index (κ1) is 13.8. The minimum absolute atomic E-state index is 0.136. The lowest BCUT2D eigenvalue weighted by molar-refractivity contribution is -0.117. The number of nitrogens with zero attached hydrogens (tertiary/aromatic N) is 1. The van der Waals surface area contributed by atoms with Crippen molar-refractivity contribution in [1.29, 1.82) is 0 Å². The zero-order valence-electron chi connectivity index (χ0n) is 12.5. The van der Waals surface area contributed by atoms with Gasteiger partial charge in [0.25, 0.3) is 0 Å². The van der Waals surface area contributed by atoms with E-state index in [0.29, 0.717) is 13.0 Å². The first-order valence-corrected chi connectivity index (χ1v) is 7.27. The van der Waals surface area contributed by atoms with Gasteiger partial charge in [0.2, 0.25) is 5.91 Å². The van der Waals surface area contributed by atoms with E-state index in [4.69, 9.17) is 5.73 Å². The standard InChI is InChI=1S/C18H20N2O/c1-12-7-8-15(13(2)9-12)16(19)11-20-17-6-4-3-5-14(17)10-18(20)21/h3-9,16H,10-11,19H2,1-2H3. The average molecular weight is 280 g/mol. The van der Waals surface area contributed by atoms with Crippen molar-refractivity contribution in [1.82, 2.24) is 0 Å². The molecular weight excluding hydrogens is 260 g/mol. The Bertz CT molecular complexity index is 693. The second-order valence-electron chi connectivity index (χ2n) is 5.78. The summed E-state index contributed by atoms with van der Waals surface area (Å²) in [6.45, 7) is 4.67. The quantitative estimate of drug-likeness (QED) is 0.939. The number of carbonyl (C=O) groups is 1. The topological polar surface area (TPSA) is 46.3 Å². The van der Waals surface area contributed by atoms with Crippen molar-refractivity contribution in [2.45, 2.75) is 26.3 Å². The zero-order valence-corrected chi connectivity index (χ0v) is 12.5. The summed E-state index contributed by atoms with van der Waals surface area (Å²) >= 11 is 0. The number of benzene rings is 2. The van der Waals surface area contributed by atoms with Gasteiger partial charge in [0.15, 0.2) is 0 Å². The minimum Gasteiger partial charge on any atom is -0.322 e. The molecule has 21 heavy (non-hydrogen) atoms. The monoisotopic (exact) mass is 280 g/mol. The lowest BCUT2D eigenvalue weighted by atomic mass is 9.99. The van der Waals surface area contributed by atoms with Gasteiger partial charge in [-0.25, -0.2) is 0 Å². The Hall–Kier alpha value is -2.13. The normalized spacial score (nSPS) is 15.2. The van der Waals surface area contributed by atoms with Crippen LogP contribution in [0.3, 0.4) is 0 Å². The second-order valence-corrected chi connectivity index (χ2v) is 5.78. The van der Waals surface area contributed by atoms with Gasteiger partial charge >= 0.3 is 0 Å². The average Bonchev–Trinajstić information content (AvgIpc) is 2.75. The molecule has 3 heteroatoms. The molecule has 0 radical (unpaired) electrons. The lowest BCUT2D eigenvalue weighted by Crippen LogP contribution is -2.34. The fourth-order valence-corrected chi connectivity index (χ4v) is 3.05. The predicted molar refractivity (Wildman–Crippen MR) is 85.3 cm³/mol. The van der Waals surface area contributed by atoms with Crippen molar-refractivity contribution < 1.29 is 4.79 Å². The highest BCUT2D eigenvalue weighted by Gasteiger charge is 2.28. The largest absolute Gasteiger partial charge is 0.322 e. The molecule has 0 aliphatic carbocycles. The third-order valence-corrected chi connectivity index (χ3v) is 4.13. The summed E-state index contributed by atoms with van der Waals surface area (Å²) < 4.78 is 0. The van der Waals surface area contributed by atoms with Gasteiger partial charge < -0.3 is 10.6 Å². The number of hydrogen-bond acceptors (Lipinski definition) is 2. The second kappa shape index (κ2) is 5.34. The van der Waals surface area contributed by atoms with E-state index in [1.807, 2.05) is 29.2 Å². The van der Waals surface area contributed by atoms with Crippen LogP contribution in [-0.2, 0) is 11.2 Å². The van der Waals surface area contributed by atoms with Crippen molar-refractivity contribution in [3.05, 3.63) is 64.7 Å². The van der Waals surface area contributed by atoms with E-state index in [0.717, 1.165) is 16.8 Å². The first-order chi connectivity index (χ1) is 10.1. The molecule has 0 saturated heterocycles. The number of amides is 1. The van der Waals surface area contributed by atoms with Crippen molar-refractivity contribution >= 4 is 11.6 Å². The molecule has 0 spiro atoms. The molecule has 1 unspecified atom stereocenters. The van der Waals surface area contributed by atoms with Gasteiger partial charge in [-0.15, -0.1) is 0 Å². The van der Waals surface area contributed by atoms with Gasteiger partial charge in [-0.3, -0.25) is 4.79 Å². The van der Waals surface area contributed by atoms with E-state index in [2.05, 4.69) is 32.0 Å². The van der Waals surface area contributed by atoms with Crippen LogP contribution in [0.5, 0.6) is 0 Å². The highest BCUT2D eigenvalue weighted by atomic mass is 16.2. The van der Waals surface area contributed by atoms with E-state index in [9.17, 15) is 4.79 Å². The molecule has 0 saturated carbocycles. The van der Waals surface area contributed by atoms with Crippen LogP contribution < -0.4 is 10.6 Å². The molecule has 0 aromatic heterocycles. The predicted octanol–water partition coefficient (Wildman–Crippen LogP) is 2.89. The van der Waals surface area contributed by atoms with E-state index >= 15 is 0 Å². The molecule has 1 heterocycles. The molecule has 0 fully saturated rings. The Morgan fingerprint density at radius 2 is 1.95 bits per heavy atom. The van der Waals surface area contributed by atoms with Crippen LogP contribution in [0.1, 0.15) is 28.3 Å². The van der Waals surface area contributed by atoms with Gasteiger partial charge in [-0.2, -0.15) is 0 Å². The number of rotatable bonds is 3. The number of fused-ring (bicyclic) bond motifs is 1. The number of aryl methyl sites for hydroxylation is 2. The molecule has 0 bridgehead atoms. The summed E-state index contributed by atoms with van der Waals surface area (Å²) in [5.41, 5.74) is 12.0. The summed E-state index contributed by atoms with van der Waals surface area (Å²) in [6, 6.07) is 14.1. The fourth-order valence-electron chi connectivity index (χ4n) is 3.05. The van der Waals surface area contributed by atoms with Gasteiger partial charge in [-0.05, 0) is 36.6 Å². The van der Waals surface area contributed by atoms with Gasteiger partial charge in [-0.1, -0.05) is 42.0 Å². The van der Waals surface area contributed by atoms with Crippen LogP contribution in [0.4, 0.5) is 5.69 Å². The van der Waals surface area contributed by atoms with Gasteiger partial charge in [0.1, 0.15) is 0 Å². The highest BCUT2D eigenvalue weighted by molar-refractivity contribution is 6.01. The van der Waals surface area contributed by atoms with Crippen LogP contribution in [-0.4, -0.2) is 12.5 Å². The van der Waals surface area contributed by atoms with Crippen LogP contribution in [0.2, 0.25) is 0 Å². The van der Waals surface area contributed by atoms with Gasteiger partial charge in [0, 0.05) is 18.3 Å². The minimum atomic E-state index is -0.166. The SMILES string of the molecule is Cc1ccc(C(N)CN2C(=O)Cc3ccccc32)c(C)c1. The third kappa shape index (κ3) is 2.57. The summed E-state index contributed by atoms with van der Waals surface area (Å²) in [5, 5.41) is 0. The zero-order chi connectivity index (χ0) is 15.0. The van der Waals surface area contributed by atoms with Crippen LogP contribution in [0.25, 0.3) is 0 Å². The molecule has 1 aliphatic heterocycles. The summed E-state index contributed by atoms with van der Waals surface area (Å²) in [6.07, 6.45) is 0.482. The molecule has 108 valence electrons. The number of anilines is 1. The molecule has 2 N–H and O–H groups in total. The van der Waals surface area contributed by atoms with Crippen molar-refractivity contribution in [2.24, 2.45) is 5.73 Å². The summed E-state index contributed by atoms with van der Waals surface area (Å²) in [5.74, 6) is 0.136. The van der Waals surface area contributed by atoms with Crippen LogP contribution in [0.15, 0.2) is 42.5 Å². The molecule has 3 nitrogen and oxygen atoms in total. The molecule has 2 aromatic rings. The molecule has 1 aliphatic rings. The Morgan fingerprint density at radius 1 is 1.19 bits per heavy atom. The van der Waals surface area contributed by atoms with Crippen molar-refractivity contribution in [3.8, 4) is 0 Å². The summed E-state index contributed by atoms with van der Waals surface area (Å²) in [4.78, 5) is 14.0. The maximum Gasteiger partial charge on any atom is 0.231 e. The Labute approximate surface area is 125 Å². The molecular formula is C18H20N2O. The van der Waals surface area contributed by atoms with Crippen molar-refractivity contribution in [3.63, 3.8) is 0 Å². The van der Waals surface area contributed by atoms with E-state index in [1.165, 1.54) is 11.1 Å². The highest BCUT2D eigenvalue weighted by Crippen LogP contribution is 2.30. The third-order valence-electron chi connectivity index (χ3n) is 4.13. The maximum absolute atomic E-state index is 12.2. The summed E-state index contributed by atoms with van der Waals surface area (Å²) in [7, 11) is 0. The fraction of sp³-hybridized carbons (Fsp3) is 0.278.